The highest BCUT2D eigenvalue weighted by Gasteiger charge is 2.06. The van der Waals surface area contributed by atoms with Crippen molar-refractivity contribution in [2.75, 3.05) is 0 Å². The highest BCUT2D eigenvalue weighted by atomic mass is 16.3. The van der Waals surface area contributed by atoms with Crippen LogP contribution < -0.4 is 0 Å². The minimum absolute atomic E-state index is 0.205. The highest BCUT2D eigenvalue weighted by Crippen LogP contribution is 1.95. The van der Waals surface area contributed by atoms with Crippen LogP contribution in [0.3, 0.4) is 0 Å². The number of isocyanates is 1. The minimum atomic E-state index is -0.819. The number of aliphatic imine (C=N–C) groups is 1. The van der Waals surface area contributed by atoms with E-state index in [1.807, 2.05) is 0 Å². The van der Waals surface area contributed by atoms with E-state index in [0.717, 1.165) is 6.08 Å². The molecule has 0 aliphatic carbocycles. The molecule has 0 radical (unpaired) electrons. The molecule has 0 spiro atoms. The Morgan fingerprint density at radius 3 is 3.10 bits per heavy atom. The van der Waals surface area contributed by atoms with Crippen LogP contribution >= 0.6 is 0 Å². The predicted molar refractivity (Wildman–Crippen MR) is 29.0 cm³/mol. The molecule has 5 heteroatoms. The standard InChI is InChI=1S/C5H2N2O3/c8-3-7-4(9)5-6-1-2-10-5/h1-2H. The smallest absolute Gasteiger partial charge is 0.343 e. The molecule has 0 saturated carbocycles. The van der Waals surface area contributed by atoms with Crippen molar-refractivity contribution in [3.63, 3.8) is 0 Å². The first-order chi connectivity index (χ1) is 4.84. The number of hydrogen-bond donors (Lipinski definition) is 0. The number of nitrogens with zero attached hydrogens (tertiary/aromatic N) is 2. The summed E-state index contributed by atoms with van der Waals surface area (Å²) in [5.74, 6) is -1.02. The lowest BCUT2D eigenvalue weighted by Gasteiger charge is -1.78. The SMILES string of the molecule is O=C=NC(=O)c1ncco1. The molecule has 1 aromatic rings. The van der Waals surface area contributed by atoms with Gasteiger partial charge in [-0.3, -0.25) is 4.79 Å². The molecular formula is C5H2N2O3. The summed E-state index contributed by atoms with van der Waals surface area (Å²) < 4.78 is 4.51. The third-order valence-electron chi connectivity index (χ3n) is 0.762. The van der Waals surface area contributed by atoms with Crippen LogP contribution in [-0.4, -0.2) is 17.0 Å². The summed E-state index contributed by atoms with van der Waals surface area (Å²) in [6.45, 7) is 0. The van der Waals surface area contributed by atoms with Crippen LogP contribution in [0.25, 0.3) is 0 Å². The van der Waals surface area contributed by atoms with Gasteiger partial charge < -0.3 is 4.42 Å². The summed E-state index contributed by atoms with van der Waals surface area (Å²) in [5.41, 5.74) is 0. The van der Waals surface area contributed by atoms with Crippen molar-refractivity contribution >= 4 is 12.0 Å². The molecule has 1 rings (SSSR count). The van der Waals surface area contributed by atoms with Gasteiger partial charge in [0, 0.05) is 0 Å². The number of rotatable bonds is 1. The van der Waals surface area contributed by atoms with Gasteiger partial charge in [-0.05, 0) is 0 Å². The molecule has 0 saturated heterocycles. The molecule has 0 fully saturated rings. The van der Waals surface area contributed by atoms with Gasteiger partial charge in [0.15, 0.2) is 0 Å². The third-order valence-corrected chi connectivity index (χ3v) is 0.762. The first-order valence-electron chi connectivity index (χ1n) is 2.36. The van der Waals surface area contributed by atoms with Crippen molar-refractivity contribution in [2.45, 2.75) is 0 Å². The van der Waals surface area contributed by atoms with Crippen molar-refractivity contribution in [1.82, 2.24) is 4.98 Å². The van der Waals surface area contributed by atoms with Crippen LogP contribution in [0.1, 0.15) is 10.7 Å². The van der Waals surface area contributed by atoms with Gasteiger partial charge in [-0.2, -0.15) is 0 Å². The van der Waals surface area contributed by atoms with E-state index in [-0.39, 0.29) is 5.89 Å². The summed E-state index contributed by atoms with van der Waals surface area (Å²) in [4.78, 5) is 26.3. The van der Waals surface area contributed by atoms with Crippen LogP contribution in [-0.2, 0) is 4.79 Å². The van der Waals surface area contributed by atoms with Gasteiger partial charge in [-0.15, -0.1) is 4.99 Å². The topological polar surface area (TPSA) is 72.5 Å². The Labute approximate surface area is 55.4 Å². The molecule has 0 atom stereocenters. The van der Waals surface area contributed by atoms with E-state index < -0.39 is 5.91 Å². The van der Waals surface area contributed by atoms with Gasteiger partial charge in [0.25, 0.3) is 5.89 Å². The normalized spacial score (nSPS) is 8.40. The van der Waals surface area contributed by atoms with E-state index in [1.165, 1.54) is 12.5 Å². The minimum Gasteiger partial charge on any atom is -0.441 e. The zero-order valence-corrected chi connectivity index (χ0v) is 4.77. The molecule has 1 heterocycles. The van der Waals surface area contributed by atoms with Crippen LogP contribution in [0.5, 0.6) is 0 Å². The lowest BCUT2D eigenvalue weighted by Crippen LogP contribution is -1.92. The maximum atomic E-state index is 10.5. The van der Waals surface area contributed by atoms with Crippen LogP contribution in [0.2, 0.25) is 0 Å². The summed E-state index contributed by atoms with van der Waals surface area (Å²) >= 11 is 0. The van der Waals surface area contributed by atoms with E-state index in [2.05, 4.69) is 14.4 Å². The first-order valence-corrected chi connectivity index (χ1v) is 2.36. The molecule has 0 N–H and O–H groups in total. The molecular weight excluding hydrogens is 136 g/mol. The van der Waals surface area contributed by atoms with Gasteiger partial charge in [-0.1, -0.05) is 0 Å². The number of aromatic nitrogens is 1. The van der Waals surface area contributed by atoms with Gasteiger partial charge in [0.2, 0.25) is 6.08 Å². The summed E-state index contributed by atoms with van der Waals surface area (Å²) in [7, 11) is 0. The quantitative estimate of drug-likeness (QED) is 0.409. The lowest BCUT2D eigenvalue weighted by molar-refractivity contribution is 0.0970. The molecule has 0 bridgehead atoms. The average molecular weight is 138 g/mol. The fraction of sp³-hybridized carbons (Fsp3) is 0. The second kappa shape index (κ2) is 2.70. The Balaban J connectivity index is 2.87. The summed E-state index contributed by atoms with van der Waals surface area (Å²) in [6, 6.07) is 0. The van der Waals surface area contributed by atoms with Crippen molar-refractivity contribution in [2.24, 2.45) is 4.99 Å². The molecule has 0 aliphatic heterocycles. The molecule has 10 heavy (non-hydrogen) atoms. The molecule has 5 nitrogen and oxygen atoms in total. The van der Waals surface area contributed by atoms with Crippen molar-refractivity contribution < 1.29 is 14.0 Å². The maximum absolute atomic E-state index is 10.5. The Morgan fingerprint density at radius 2 is 2.60 bits per heavy atom. The second-order valence-corrected chi connectivity index (χ2v) is 1.35. The van der Waals surface area contributed by atoms with Crippen molar-refractivity contribution in [1.29, 1.82) is 0 Å². The Bertz CT molecular complexity index is 271. The molecule has 0 aromatic carbocycles. The number of oxazole rings is 1. The molecule has 50 valence electrons. The van der Waals surface area contributed by atoms with E-state index in [9.17, 15) is 9.59 Å². The van der Waals surface area contributed by atoms with Crippen molar-refractivity contribution in [3.05, 3.63) is 18.4 Å². The van der Waals surface area contributed by atoms with Gasteiger partial charge >= 0.3 is 5.91 Å². The zero-order chi connectivity index (χ0) is 7.40. The molecule has 1 amide bonds. The number of amides is 1. The maximum Gasteiger partial charge on any atom is 0.343 e. The zero-order valence-electron chi connectivity index (χ0n) is 4.77. The van der Waals surface area contributed by atoms with Gasteiger partial charge in [0.05, 0.1) is 6.20 Å². The van der Waals surface area contributed by atoms with Crippen LogP contribution in [0, 0.1) is 0 Å². The Kier molecular flexibility index (Phi) is 1.72. The Morgan fingerprint density at radius 1 is 1.80 bits per heavy atom. The van der Waals surface area contributed by atoms with Gasteiger partial charge in [-0.25, -0.2) is 9.78 Å². The van der Waals surface area contributed by atoms with Gasteiger partial charge in [0.1, 0.15) is 6.26 Å². The molecule has 1 aromatic heterocycles. The van der Waals surface area contributed by atoms with E-state index in [4.69, 9.17) is 0 Å². The fourth-order valence-corrected chi connectivity index (χ4v) is 0.418. The first kappa shape index (κ1) is 6.38. The largest absolute Gasteiger partial charge is 0.441 e. The van der Waals surface area contributed by atoms with Crippen LogP contribution in [0.4, 0.5) is 0 Å². The third kappa shape index (κ3) is 1.15. The second-order valence-electron chi connectivity index (χ2n) is 1.35. The Hall–Kier alpha value is -1.74. The monoisotopic (exact) mass is 138 g/mol. The van der Waals surface area contributed by atoms with E-state index in [0.29, 0.717) is 0 Å². The van der Waals surface area contributed by atoms with E-state index in [1.54, 1.807) is 0 Å². The number of carbonyl (C=O) groups is 1. The van der Waals surface area contributed by atoms with Crippen LogP contribution in [0.15, 0.2) is 21.9 Å². The van der Waals surface area contributed by atoms with E-state index >= 15 is 0 Å². The molecule has 0 aliphatic rings. The summed E-state index contributed by atoms with van der Waals surface area (Å²) in [5, 5.41) is 0. The summed E-state index contributed by atoms with van der Waals surface area (Å²) in [6.07, 6.45) is 3.58. The highest BCUT2D eigenvalue weighted by molar-refractivity contribution is 5.93. The fourth-order valence-electron chi connectivity index (χ4n) is 0.418. The van der Waals surface area contributed by atoms with Crippen molar-refractivity contribution in [3.8, 4) is 0 Å². The lowest BCUT2D eigenvalue weighted by atomic mass is 10.6. The average Bonchev–Trinajstić information content (AvgIpc) is 2.38. The molecule has 0 unspecified atom stereocenters. The number of carbonyl (C=O) groups excluding carboxylic acids is 2. The predicted octanol–water partition coefficient (Wildman–Crippen LogP) is 0.151. The number of hydrogen-bond acceptors (Lipinski definition) is 4.